The molecule has 20 heavy (non-hydrogen) atoms. The molecule has 1 heterocycles. The second-order valence-corrected chi connectivity index (χ2v) is 4.70. The van der Waals surface area contributed by atoms with Crippen LogP contribution in [0.1, 0.15) is 31.3 Å². The molecule has 110 valence electrons. The molecular weight excluding hydrogens is 282 g/mol. The summed E-state index contributed by atoms with van der Waals surface area (Å²) in [5.74, 6) is -1.08. The number of nitrogens with one attached hydrogen (secondary N) is 1. The highest BCUT2D eigenvalue weighted by Crippen LogP contribution is 2.16. The molecule has 7 nitrogen and oxygen atoms in total. The van der Waals surface area contributed by atoms with Crippen molar-refractivity contribution in [3.63, 3.8) is 0 Å². The molecule has 1 aromatic rings. The number of hydrogen-bond donors (Lipinski definition) is 1. The Balaban J connectivity index is 2.73. The molecule has 0 unspecified atom stereocenters. The fraction of sp³-hybridized carbons (Fsp3) is 0.500. The van der Waals surface area contributed by atoms with Crippen molar-refractivity contribution in [3.05, 3.63) is 11.1 Å². The third-order valence-corrected chi connectivity index (χ3v) is 3.06. The molecule has 0 aromatic carbocycles. The summed E-state index contributed by atoms with van der Waals surface area (Å²) in [6, 6.07) is 0. The van der Waals surface area contributed by atoms with Gasteiger partial charge in [-0.05, 0) is 13.8 Å². The van der Waals surface area contributed by atoms with Crippen molar-refractivity contribution >= 4 is 34.3 Å². The lowest BCUT2D eigenvalue weighted by Gasteiger charge is -2.18. The zero-order valence-corrected chi connectivity index (χ0v) is 12.5. The first-order valence-corrected chi connectivity index (χ1v) is 7.03. The summed E-state index contributed by atoms with van der Waals surface area (Å²) >= 11 is 1.16. The van der Waals surface area contributed by atoms with Gasteiger partial charge in [-0.2, -0.15) is 0 Å². The summed E-state index contributed by atoms with van der Waals surface area (Å²) < 4.78 is 4.81. The van der Waals surface area contributed by atoms with Crippen molar-refractivity contribution in [1.29, 1.82) is 0 Å². The maximum Gasteiger partial charge on any atom is 0.325 e. The Morgan fingerprint density at radius 2 is 2.10 bits per heavy atom. The number of anilines is 1. The molecule has 0 saturated heterocycles. The minimum atomic E-state index is -0.458. The average molecular weight is 299 g/mol. The molecule has 0 radical (unpaired) electrons. The molecule has 0 atom stereocenters. The standard InChI is InChI=1S/C12H17N3O4S/c1-4-15(6-10(17)19-5-2)11(18)9-7-20-12(14-9)13-8(3)16/h7H,4-6H2,1-3H3,(H,13,14,16). The van der Waals surface area contributed by atoms with Gasteiger partial charge in [0.2, 0.25) is 5.91 Å². The Bertz CT molecular complexity index is 501. The second-order valence-electron chi connectivity index (χ2n) is 3.84. The molecule has 1 N–H and O–H groups in total. The molecule has 0 fully saturated rings. The van der Waals surface area contributed by atoms with Gasteiger partial charge in [-0.1, -0.05) is 0 Å². The predicted molar refractivity (Wildman–Crippen MR) is 74.6 cm³/mol. The van der Waals surface area contributed by atoms with Crippen LogP contribution in [-0.2, 0) is 14.3 Å². The van der Waals surface area contributed by atoms with Crippen LogP contribution < -0.4 is 5.32 Å². The highest BCUT2D eigenvalue weighted by atomic mass is 32.1. The average Bonchev–Trinajstić information content (AvgIpc) is 2.83. The van der Waals surface area contributed by atoms with E-state index in [1.54, 1.807) is 19.2 Å². The monoisotopic (exact) mass is 299 g/mol. The predicted octanol–water partition coefficient (Wildman–Crippen LogP) is 1.13. The van der Waals surface area contributed by atoms with Gasteiger partial charge in [-0.15, -0.1) is 11.3 Å². The summed E-state index contributed by atoms with van der Waals surface area (Å²) in [6.07, 6.45) is 0. The molecule has 1 aromatic heterocycles. The Hall–Kier alpha value is -1.96. The summed E-state index contributed by atoms with van der Waals surface area (Å²) in [6.45, 7) is 5.35. The molecule has 1 rings (SSSR count). The van der Waals surface area contributed by atoms with Crippen LogP contribution >= 0.6 is 11.3 Å². The van der Waals surface area contributed by atoms with Crippen LogP contribution in [0, 0.1) is 0 Å². The Kier molecular flexibility index (Phi) is 6.10. The number of likely N-dealkylation sites (N-methyl/N-ethyl adjacent to an activating group) is 1. The van der Waals surface area contributed by atoms with Gasteiger partial charge in [-0.3, -0.25) is 14.4 Å². The molecule has 8 heteroatoms. The number of hydrogen-bond acceptors (Lipinski definition) is 6. The smallest absolute Gasteiger partial charge is 0.325 e. The summed E-state index contributed by atoms with van der Waals surface area (Å²) in [5.41, 5.74) is 0.199. The summed E-state index contributed by atoms with van der Waals surface area (Å²) in [5, 5.41) is 4.40. The van der Waals surface area contributed by atoms with Crippen molar-refractivity contribution in [1.82, 2.24) is 9.88 Å². The number of nitrogens with zero attached hydrogens (tertiary/aromatic N) is 2. The quantitative estimate of drug-likeness (QED) is 0.795. The van der Waals surface area contributed by atoms with Crippen molar-refractivity contribution in [2.45, 2.75) is 20.8 Å². The molecule has 0 spiro atoms. The third kappa shape index (κ3) is 4.61. The van der Waals surface area contributed by atoms with Gasteiger partial charge < -0.3 is 15.0 Å². The normalized spacial score (nSPS) is 9.95. The lowest BCUT2D eigenvalue weighted by atomic mass is 10.4. The number of carbonyl (C=O) groups excluding carboxylic acids is 3. The van der Waals surface area contributed by atoms with Crippen LogP contribution in [0.4, 0.5) is 5.13 Å². The van der Waals surface area contributed by atoms with E-state index in [2.05, 4.69) is 10.3 Å². The fourth-order valence-electron chi connectivity index (χ4n) is 1.43. The molecular formula is C12H17N3O4S. The van der Waals surface area contributed by atoms with Gasteiger partial charge in [-0.25, -0.2) is 4.98 Å². The van der Waals surface area contributed by atoms with Crippen LogP contribution in [0.5, 0.6) is 0 Å². The van der Waals surface area contributed by atoms with Crippen LogP contribution in [0.3, 0.4) is 0 Å². The zero-order chi connectivity index (χ0) is 15.1. The Morgan fingerprint density at radius 1 is 1.40 bits per heavy atom. The molecule has 2 amide bonds. The fourth-order valence-corrected chi connectivity index (χ4v) is 2.16. The summed E-state index contributed by atoms with van der Waals surface area (Å²) in [7, 11) is 0. The van der Waals surface area contributed by atoms with Crippen LogP contribution in [0.15, 0.2) is 5.38 Å². The van der Waals surface area contributed by atoms with Crippen molar-refractivity contribution < 1.29 is 19.1 Å². The molecule has 0 saturated carbocycles. The first kappa shape index (κ1) is 16.1. The van der Waals surface area contributed by atoms with E-state index in [4.69, 9.17) is 4.74 Å². The van der Waals surface area contributed by atoms with Crippen LogP contribution in [0.2, 0.25) is 0 Å². The van der Waals surface area contributed by atoms with Crippen LogP contribution in [-0.4, -0.2) is 47.4 Å². The largest absolute Gasteiger partial charge is 0.465 e. The highest BCUT2D eigenvalue weighted by molar-refractivity contribution is 7.14. The van der Waals surface area contributed by atoms with E-state index in [-0.39, 0.29) is 30.7 Å². The minimum Gasteiger partial charge on any atom is -0.465 e. The van der Waals surface area contributed by atoms with Gasteiger partial charge in [0.15, 0.2) is 5.13 Å². The number of ether oxygens (including phenoxy) is 1. The van der Waals surface area contributed by atoms with Crippen molar-refractivity contribution in [2.75, 3.05) is 25.0 Å². The zero-order valence-electron chi connectivity index (χ0n) is 11.6. The molecule has 0 aliphatic carbocycles. The van der Waals surface area contributed by atoms with E-state index in [0.29, 0.717) is 11.7 Å². The third-order valence-electron chi connectivity index (χ3n) is 2.30. The maximum absolute atomic E-state index is 12.2. The highest BCUT2D eigenvalue weighted by Gasteiger charge is 2.20. The number of carbonyl (C=O) groups is 3. The molecule has 0 bridgehead atoms. The van der Waals surface area contributed by atoms with E-state index in [9.17, 15) is 14.4 Å². The van der Waals surface area contributed by atoms with E-state index in [1.807, 2.05) is 0 Å². The second kappa shape index (κ2) is 7.59. The SMILES string of the molecule is CCOC(=O)CN(CC)C(=O)c1csc(NC(C)=O)n1. The Morgan fingerprint density at radius 3 is 2.65 bits per heavy atom. The van der Waals surface area contributed by atoms with Gasteiger partial charge in [0.25, 0.3) is 5.91 Å². The maximum atomic E-state index is 12.2. The molecule has 0 aliphatic rings. The van der Waals surface area contributed by atoms with E-state index >= 15 is 0 Å². The molecule has 0 aliphatic heterocycles. The Labute approximate surface area is 120 Å². The van der Waals surface area contributed by atoms with Crippen molar-refractivity contribution in [2.24, 2.45) is 0 Å². The minimum absolute atomic E-state index is 0.115. The lowest BCUT2D eigenvalue weighted by Crippen LogP contribution is -2.36. The van der Waals surface area contributed by atoms with E-state index in [1.165, 1.54) is 11.8 Å². The van der Waals surface area contributed by atoms with Crippen LogP contribution in [0.25, 0.3) is 0 Å². The number of rotatable bonds is 6. The first-order chi connectivity index (χ1) is 9.47. The van der Waals surface area contributed by atoms with Gasteiger partial charge >= 0.3 is 5.97 Å². The van der Waals surface area contributed by atoms with E-state index < -0.39 is 5.97 Å². The first-order valence-electron chi connectivity index (χ1n) is 6.15. The topological polar surface area (TPSA) is 88.6 Å². The number of aromatic nitrogens is 1. The number of esters is 1. The van der Waals surface area contributed by atoms with Gasteiger partial charge in [0.05, 0.1) is 6.61 Å². The summed E-state index contributed by atoms with van der Waals surface area (Å²) in [4.78, 5) is 39.8. The van der Waals surface area contributed by atoms with E-state index in [0.717, 1.165) is 11.3 Å². The number of thiazole rings is 1. The number of amides is 2. The van der Waals surface area contributed by atoms with Crippen molar-refractivity contribution in [3.8, 4) is 0 Å². The lowest BCUT2D eigenvalue weighted by molar-refractivity contribution is -0.143. The van der Waals surface area contributed by atoms with Gasteiger partial charge in [0.1, 0.15) is 12.2 Å². The van der Waals surface area contributed by atoms with Gasteiger partial charge in [0, 0.05) is 18.8 Å².